The summed E-state index contributed by atoms with van der Waals surface area (Å²) in [6, 6.07) is 18.8. The molecule has 3 nitrogen and oxygen atoms in total. The van der Waals surface area contributed by atoms with E-state index >= 15 is 0 Å². The molecule has 0 saturated carbocycles. The molecule has 4 rings (SSSR count). The Bertz CT molecular complexity index is 996. The minimum Gasteiger partial charge on any atom is -0.383 e. The highest BCUT2D eigenvalue weighted by Gasteiger charge is 2.17. The van der Waals surface area contributed by atoms with Gasteiger partial charge >= 0.3 is 0 Å². The minimum atomic E-state index is -0.243. The first-order valence-corrected chi connectivity index (χ1v) is 10.1. The molecule has 0 aromatic heterocycles. The van der Waals surface area contributed by atoms with Crippen molar-refractivity contribution in [3.05, 3.63) is 113 Å². The molecule has 1 aliphatic carbocycles. The summed E-state index contributed by atoms with van der Waals surface area (Å²) >= 11 is 0. The topological polar surface area (TPSA) is 33.6 Å². The van der Waals surface area contributed by atoms with E-state index < -0.39 is 0 Å². The maximum absolute atomic E-state index is 6.08. The lowest BCUT2D eigenvalue weighted by molar-refractivity contribution is 0.0863. The zero-order valence-corrected chi connectivity index (χ0v) is 16.7. The molecule has 2 aromatic carbocycles. The van der Waals surface area contributed by atoms with Crippen molar-refractivity contribution < 1.29 is 4.84 Å². The highest BCUT2D eigenvalue weighted by molar-refractivity contribution is 5.85. The van der Waals surface area contributed by atoms with E-state index in [0.29, 0.717) is 0 Å². The van der Waals surface area contributed by atoms with Crippen LogP contribution in [0, 0.1) is 0 Å². The van der Waals surface area contributed by atoms with E-state index in [9.17, 15) is 0 Å². The van der Waals surface area contributed by atoms with Gasteiger partial charge in [0.25, 0.3) is 0 Å². The minimum absolute atomic E-state index is 0.243. The predicted octanol–water partition coefficient (Wildman–Crippen LogP) is 6.10. The number of aryl methyl sites for hydroxylation is 1. The Hall–Kier alpha value is -3.33. The first-order valence-electron chi connectivity index (χ1n) is 10.1. The van der Waals surface area contributed by atoms with E-state index in [1.54, 1.807) is 0 Å². The van der Waals surface area contributed by atoms with Gasteiger partial charge in [-0.05, 0) is 48.6 Å². The molecule has 3 heteroatoms. The number of nitrogens with one attached hydrogen (secondary N) is 1. The molecule has 0 spiro atoms. The zero-order valence-electron chi connectivity index (χ0n) is 16.7. The largest absolute Gasteiger partial charge is 0.383 e. The molecule has 1 unspecified atom stereocenters. The first kappa shape index (κ1) is 19.0. The molecule has 29 heavy (non-hydrogen) atoms. The standard InChI is InChI=1S/C26H26N2O/c1-20(18-21-13-14-22-8-5-6-11-25(22)19-21)28-29-26(23-9-3-2-4-10-23)24-12-7-16-27-17-15-24/h2-12,15-17,19,26-27H,13-14,18H2,1H3. The Kier molecular flexibility index (Phi) is 6.06. The number of nitrogens with zero attached hydrogens (tertiary/aromatic N) is 1. The molecule has 0 bridgehead atoms. The quantitative estimate of drug-likeness (QED) is 0.484. The molecule has 2 aromatic rings. The second-order valence-electron chi connectivity index (χ2n) is 7.43. The van der Waals surface area contributed by atoms with Crippen molar-refractivity contribution in [3.8, 4) is 0 Å². The lowest BCUT2D eigenvalue weighted by atomic mass is 9.90. The molecule has 0 fully saturated rings. The van der Waals surface area contributed by atoms with Gasteiger partial charge in [0.15, 0.2) is 6.10 Å². The van der Waals surface area contributed by atoms with E-state index in [1.165, 1.54) is 16.7 Å². The van der Waals surface area contributed by atoms with Crippen molar-refractivity contribution in [1.82, 2.24) is 5.32 Å². The monoisotopic (exact) mass is 382 g/mol. The fourth-order valence-corrected chi connectivity index (χ4v) is 3.72. The summed E-state index contributed by atoms with van der Waals surface area (Å²) in [5.74, 6) is 0. The van der Waals surface area contributed by atoms with Crippen molar-refractivity contribution in [2.24, 2.45) is 5.16 Å². The van der Waals surface area contributed by atoms with Crippen LogP contribution in [0.4, 0.5) is 0 Å². The number of allylic oxidation sites excluding steroid dienone is 3. The number of rotatable bonds is 6. The number of fused-ring (bicyclic) bond motifs is 1. The smallest absolute Gasteiger partial charge is 0.177 e. The van der Waals surface area contributed by atoms with E-state index in [0.717, 1.165) is 36.1 Å². The average Bonchev–Trinajstić information content (AvgIpc) is 3.04. The number of hydrogen-bond donors (Lipinski definition) is 1. The second kappa shape index (κ2) is 9.24. The summed E-state index contributed by atoms with van der Waals surface area (Å²) in [5.41, 5.74) is 7.30. The highest BCUT2D eigenvalue weighted by Crippen LogP contribution is 2.29. The van der Waals surface area contributed by atoms with Crippen molar-refractivity contribution in [3.63, 3.8) is 0 Å². The molecule has 0 radical (unpaired) electrons. The summed E-state index contributed by atoms with van der Waals surface area (Å²) < 4.78 is 0. The molecular weight excluding hydrogens is 356 g/mol. The lowest BCUT2D eigenvalue weighted by Gasteiger charge is -2.18. The van der Waals surface area contributed by atoms with Gasteiger partial charge in [-0.15, -0.1) is 0 Å². The Morgan fingerprint density at radius 3 is 2.76 bits per heavy atom. The van der Waals surface area contributed by atoms with Crippen LogP contribution in [-0.2, 0) is 11.3 Å². The zero-order chi connectivity index (χ0) is 19.9. The first-order chi connectivity index (χ1) is 14.3. The average molecular weight is 383 g/mol. The molecule has 1 N–H and O–H groups in total. The van der Waals surface area contributed by atoms with Gasteiger partial charge in [0.05, 0.1) is 5.71 Å². The molecule has 146 valence electrons. The Morgan fingerprint density at radius 2 is 1.86 bits per heavy atom. The molecule has 1 heterocycles. The third kappa shape index (κ3) is 4.94. The molecular formula is C26H26N2O. The summed E-state index contributed by atoms with van der Waals surface area (Å²) in [4.78, 5) is 6.08. The van der Waals surface area contributed by atoms with Crippen LogP contribution in [-0.4, -0.2) is 5.71 Å². The van der Waals surface area contributed by atoms with E-state index in [4.69, 9.17) is 4.84 Å². The van der Waals surface area contributed by atoms with E-state index in [-0.39, 0.29) is 6.10 Å². The van der Waals surface area contributed by atoms with Crippen LogP contribution in [0.15, 0.2) is 102 Å². The van der Waals surface area contributed by atoms with Crippen molar-refractivity contribution >= 4 is 11.8 Å². The summed E-state index contributed by atoms with van der Waals surface area (Å²) in [6.07, 6.45) is 15.0. The van der Waals surface area contributed by atoms with Gasteiger partial charge in [-0.3, -0.25) is 0 Å². The maximum Gasteiger partial charge on any atom is 0.177 e. The highest BCUT2D eigenvalue weighted by atomic mass is 16.6. The molecule has 1 aliphatic heterocycles. The van der Waals surface area contributed by atoms with Crippen LogP contribution >= 0.6 is 0 Å². The normalized spacial score (nSPS) is 16.8. The summed E-state index contributed by atoms with van der Waals surface area (Å²) in [5, 5.41) is 7.61. The van der Waals surface area contributed by atoms with Gasteiger partial charge in [0, 0.05) is 24.4 Å². The van der Waals surface area contributed by atoms with E-state index in [1.807, 2.05) is 49.7 Å². The van der Waals surface area contributed by atoms with Gasteiger partial charge in [-0.1, -0.05) is 77.5 Å². The third-order valence-electron chi connectivity index (χ3n) is 5.19. The van der Waals surface area contributed by atoms with Crippen LogP contribution in [0.3, 0.4) is 0 Å². The van der Waals surface area contributed by atoms with Crippen LogP contribution in [0.1, 0.15) is 42.6 Å². The van der Waals surface area contributed by atoms with Crippen molar-refractivity contribution in [2.75, 3.05) is 0 Å². The maximum atomic E-state index is 6.08. The second-order valence-corrected chi connectivity index (χ2v) is 7.43. The Morgan fingerprint density at radius 1 is 1.03 bits per heavy atom. The van der Waals surface area contributed by atoms with Gasteiger partial charge < -0.3 is 10.2 Å². The number of hydrogen-bond acceptors (Lipinski definition) is 3. The predicted molar refractivity (Wildman–Crippen MR) is 120 cm³/mol. The Labute approximate surface area is 172 Å². The molecule has 1 atom stereocenters. The van der Waals surface area contributed by atoms with Gasteiger partial charge in [-0.25, -0.2) is 0 Å². The molecule has 2 aliphatic rings. The SMILES string of the molecule is CC(CC1=Cc2ccccc2CC1)=NOC(C1=CC=CNC=C1)c1ccccc1. The summed E-state index contributed by atoms with van der Waals surface area (Å²) in [7, 11) is 0. The van der Waals surface area contributed by atoms with Crippen LogP contribution in [0.2, 0.25) is 0 Å². The number of benzene rings is 2. The fourth-order valence-electron chi connectivity index (χ4n) is 3.72. The van der Waals surface area contributed by atoms with Crippen molar-refractivity contribution in [1.29, 1.82) is 0 Å². The van der Waals surface area contributed by atoms with Crippen LogP contribution in [0.5, 0.6) is 0 Å². The van der Waals surface area contributed by atoms with Crippen LogP contribution in [0.25, 0.3) is 6.08 Å². The Balaban J connectivity index is 1.51. The van der Waals surface area contributed by atoms with Gasteiger partial charge in [0.2, 0.25) is 0 Å². The van der Waals surface area contributed by atoms with E-state index in [2.05, 4.69) is 59.0 Å². The molecule has 0 saturated heterocycles. The third-order valence-corrected chi connectivity index (χ3v) is 5.19. The van der Waals surface area contributed by atoms with Crippen LogP contribution < -0.4 is 5.32 Å². The van der Waals surface area contributed by atoms with Crippen molar-refractivity contribution in [2.45, 2.75) is 32.3 Å². The summed E-state index contributed by atoms with van der Waals surface area (Å²) in [6.45, 7) is 2.04. The van der Waals surface area contributed by atoms with Gasteiger partial charge in [0.1, 0.15) is 0 Å². The molecule has 0 amide bonds. The number of oxime groups is 1. The fraction of sp³-hybridized carbons (Fsp3) is 0.192. The lowest BCUT2D eigenvalue weighted by Crippen LogP contribution is -2.07. The van der Waals surface area contributed by atoms with Gasteiger partial charge in [-0.2, -0.15) is 0 Å².